The number of esters is 1. The maximum absolute atomic E-state index is 13.8. The molecule has 8 heteroatoms. The summed E-state index contributed by atoms with van der Waals surface area (Å²) in [7, 11) is 0. The Kier molecular flexibility index (Phi) is 7.34. The second-order valence-corrected chi connectivity index (χ2v) is 12.5. The first-order chi connectivity index (χ1) is 17.5. The number of carbonyl (C=O) groups excluding carboxylic acids is 3. The molecule has 0 spiro atoms. The van der Waals surface area contributed by atoms with Crippen LogP contribution in [-0.4, -0.2) is 63.4 Å². The van der Waals surface area contributed by atoms with Crippen molar-refractivity contribution in [3.8, 4) is 0 Å². The molecule has 4 aliphatic rings. The topological polar surface area (TPSA) is 119 Å². The maximum Gasteiger partial charge on any atom is 0.302 e. The summed E-state index contributed by atoms with van der Waals surface area (Å²) in [6.45, 7) is 14.2. The zero-order valence-electron chi connectivity index (χ0n) is 23.8. The Morgan fingerprint density at radius 3 is 2.47 bits per heavy atom. The molecule has 1 saturated carbocycles. The van der Waals surface area contributed by atoms with E-state index in [9.17, 15) is 24.6 Å². The molecule has 38 heavy (non-hydrogen) atoms. The van der Waals surface area contributed by atoms with E-state index in [1.54, 1.807) is 26.8 Å². The maximum atomic E-state index is 13.8. The predicted octanol–water partition coefficient (Wildman–Crippen LogP) is 3.74. The van der Waals surface area contributed by atoms with Gasteiger partial charge in [0.1, 0.15) is 11.7 Å². The van der Waals surface area contributed by atoms with Gasteiger partial charge in [-0.25, -0.2) is 0 Å². The van der Waals surface area contributed by atoms with Crippen LogP contribution in [0.15, 0.2) is 34.6 Å². The van der Waals surface area contributed by atoms with E-state index in [1.807, 2.05) is 27.7 Å². The molecule has 0 radical (unpaired) electrons. The molecule has 2 aliphatic carbocycles. The highest BCUT2D eigenvalue weighted by atomic mass is 16.5. The third-order valence-electron chi connectivity index (χ3n) is 9.32. The van der Waals surface area contributed by atoms with Gasteiger partial charge in [-0.2, -0.15) is 0 Å². The molecule has 0 aromatic heterocycles. The smallest absolute Gasteiger partial charge is 0.302 e. The molecular weight excluding hydrogens is 488 g/mol. The van der Waals surface area contributed by atoms with E-state index in [4.69, 9.17) is 14.2 Å². The standard InChI is InChI=1S/C30H42O8/c1-9-15(2)26(36-17(4)31)16(3)18-12-20(32)19-13-21-29(7,38-27(19)25(18)34)11-10-23-30(21,8)22(33)14-24(37-23)28(5,6)35/h12-13,15-16,22-24,26,33,35H,9-11,14H2,1-8H3. The molecule has 2 heterocycles. The Balaban J connectivity index is 1.71. The summed E-state index contributed by atoms with van der Waals surface area (Å²) in [5, 5.41) is 21.9. The second-order valence-electron chi connectivity index (χ2n) is 12.5. The molecule has 0 bridgehead atoms. The molecule has 0 aromatic rings. The molecule has 4 rings (SSSR count). The van der Waals surface area contributed by atoms with Crippen LogP contribution in [0, 0.1) is 17.3 Å². The van der Waals surface area contributed by atoms with Crippen LogP contribution < -0.4 is 0 Å². The number of Topliss-reactive ketones (excluding diaryl/α,β-unsaturated/α-hetero) is 1. The van der Waals surface area contributed by atoms with E-state index in [0.29, 0.717) is 12.8 Å². The fourth-order valence-corrected chi connectivity index (χ4v) is 6.67. The number of aliphatic hydroxyl groups excluding tert-OH is 1. The number of aliphatic hydroxyl groups is 2. The lowest BCUT2D eigenvalue weighted by atomic mass is 9.57. The van der Waals surface area contributed by atoms with E-state index in [-0.39, 0.29) is 46.9 Å². The van der Waals surface area contributed by atoms with Gasteiger partial charge in [-0.1, -0.05) is 34.1 Å². The van der Waals surface area contributed by atoms with Crippen molar-refractivity contribution in [1.82, 2.24) is 0 Å². The Bertz CT molecular complexity index is 1120. The molecule has 8 unspecified atom stereocenters. The Morgan fingerprint density at radius 1 is 1.24 bits per heavy atom. The van der Waals surface area contributed by atoms with Gasteiger partial charge in [-0.3, -0.25) is 14.4 Å². The summed E-state index contributed by atoms with van der Waals surface area (Å²) < 4.78 is 18.3. The lowest BCUT2D eigenvalue weighted by Gasteiger charge is -2.58. The first kappa shape index (κ1) is 28.7. The van der Waals surface area contributed by atoms with E-state index >= 15 is 0 Å². The zero-order valence-corrected chi connectivity index (χ0v) is 23.8. The van der Waals surface area contributed by atoms with Gasteiger partial charge in [0.2, 0.25) is 5.78 Å². The van der Waals surface area contributed by atoms with Crippen molar-refractivity contribution in [1.29, 1.82) is 0 Å². The van der Waals surface area contributed by atoms with E-state index in [0.717, 1.165) is 12.0 Å². The summed E-state index contributed by atoms with van der Waals surface area (Å²) in [5.41, 5.74) is -1.71. The van der Waals surface area contributed by atoms with E-state index < -0.39 is 46.8 Å². The summed E-state index contributed by atoms with van der Waals surface area (Å²) in [6.07, 6.45) is 2.81. The van der Waals surface area contributed by atoms with Crippen LogP contribution in [0.25, 0.3) is 0 Å². The highest BCUT2D eigenvalue weighted by Gasteiger charge is 2.61. The fourth-order valence-electron chi connectivity index (χ4n) is 6.67. The van der Waals surface area contributed by atoms with E-state index in [1.165, 1.54) is 13.0 Å². The minimum Gasteiger partial charge on any atom is -0.478 e. The Labute approximate surface area is 225 Å². The molecule has 2 fully saturated rings. The van der Waals surface area contributed by atoms with Crippen LogP contribution in [0.2, 0.25) is 0 Å². The molecular formula is C30H42O8. The van der Waals surface area contributed by atoms with Crippen LogP contribution in [0.1, 0.15) is 81.1 Å². The summed E-state index contributed by atoms with van der Waals surface area (Å²) in [4.78, 5) is 39.0. The van der Waals surface area contributed by atoms with Crippen LogP contribution in [0.3, 0.4) is 0 Å². The van der Waals surface area contributed by atoms with Gasteiger partial charge in [0.05, 0.1) is 29.5 Å². The summed E-state index contributed by atoms with van der Waals surface area (Å²) in [6, 6.07) is 0. The van der Waals surface area contributed by atoms with Crippen molar-refractivity contribution < 1.29 is 38.8 Å². The predicted molar refractivity (Wildman–Crippen MR) is 140 cm³/mol. The number of allylic oxidation sites excluding steroid dienone is 4. The Hall–Kier alpha value is -2.29. The normalized spacial score (nSPS) is 35.6. The number of hydrogen-bond acceptors (Lipinski definition) is 8. The minimum atomic E-state index is -1.11. The number of ketones is 2. The Morgan fingerprint density at radius 2 is 1.89 bits per heavy atom. The first-order valence-corrected chi connectivity index (χ1v) is 13.7. The highest BCUT2D eigenvalue weighted by molar-refractivity contribution is 6.23. The molecule has 8 nitrogen and oxygen atoms in total. The largest absolute Gasteiger partial charge is 0.478 e. The van der Waals surface area contributed by atoms with Crippen molar-refractivity contribution >= 4 is 17.5 Å². The molecule has 0 aromatic carbocycles. The lowest BCUT2D eigenvalue weighted by molar-refractivity contribution is -0.231. The number of hydrogen-bond donors (Lipinski definition) is 2. The molecule has 210 valence electrons. The SMILES string of the molecule is CCC(C)C(OC(C)=O)C(C)C1=CC(=O)C2=C(OC3(C)CCC4OC(C(C)(C)O)CC(O)C4(C)C3=C2)C1=O. The molecule has 1 saturated heterocycles. The quantitative estimate of drug-likeness (QED) is 0.394. The molecule has 2 N–H and O–H groups in total. The van der Waals surface area contributed by atoms with Crippen molar-refractivity contribution in [2.24, 2.45) is 17.3 Å². The van der Waals surface area contributed by atoms with Crippen molar-refractivity contribution in [3.63, 3.8) is 0 Å². The minimum absolute atomic E-state index is 0.0129. The lowest BCUT2D eigenvalue weighted by Crippen LogP contribution is -2.63. The van der Waals surface area contributed by atoms with Crippen LogP contribution in [0.5, 0.6) is 0 Å². The molecule has 8 atom stereocenters. The third-order valence-corrected chi connectivity index (χ3v) is 9.32. The highest BCUT2D eigenvalue weighted by Crippen LogP contribution is 2.57. The van der Waals surface area contributed by atoms with Gasteiger partial charge >= 0.3 is 5.97 Å². The van der Waals surface area contributed by atoms with Gasteiger partial charge in [-0.15, -0.1) is 0 Å². The van der Waals surface area contributed by atoms with Crippen molar-refractivity contribution in [2.45, 2.75) is 117 Å². The third kappa shape index (κ3) is 4.58. The van der Waals surface area contributed by atoms with Gasteiger partial charge in [0.25, 0.3) is 0 Å². The monoisotopic (exact) mass is 530 g/mol. The van der Waals surface area contributed by atoms with E-state index in [2.05, 4.69) is 0 Å². The zero-order chi connectivity index (χ0) is 28.4. The van der Waals surface area contributed by atoms with Gasteiger partial charge in [-0.05, 0) is 57.3 Å². The van der Waals surface area contributed by atoms with Gasteiger partial charge in [0, 0.05) is 30.3 Å². The molecule has 0 amide bonds. The number of ether oxygens (including phenoxy) is 3. The number of carbonyl (C=O) groups is 3. The first-order valence-electron chi connectivity index (χ1n) is 13.7. The number of rotatable bonds is 6. The van der Waals surface area contributed by atoms with Crippen LogP contribution in [0.4, 0.5) is 0 Å². The average Bonchev–Trinajstić information content (AvgIpc) is 2.83. The summed E-state index contributed by atoms with van der Waals surface area (Å²) in [5.74, 6) is -1.66. The van der Waals surface area contributed by atoms with Crippen molar-refractivity contribution in [2.75, 3.05) is 0 Å². The summed E-state index contributed by atoms with van der Waals surface area (Å²) >= 11 is 0. The second kappa shape index (κ2) is 9.72. The number of fused-ring (bicyclic) bond motifs is 3. The van der Waals surface area contributed by atoms with Crippen LogP contribution in [-0.2, 0) is 28.6 Å². The molecule has 2 aliphatic heterocycles. The fraction of sp³-hybridized carbons (Fsp3) is 0.700. The van der Waals surface area contributed by atoms with Gasteiger partial charge < -0.3 is 24.4 Å². The van der Waals surface area contributed by atoms with Crippen LogP contribution >= 0.6 is 0 Å². The average molecular weight is 531 g/mol. The van der Waals surface area contributed by atoms with Gasteiger partial charge in [0.15, 0.2) is 11.5 Å². The van der Waals surface area contributed by atoms with Crippen molar-refractivity contribution in [3.05, 3.63) is 34.6 Å².